The van der Waals surface area contributed by atoms with Crippen LogP contribution in [0, 0.1) is 5.92 Å². The van der Waals surface area contributed by atoms with Crippen molar-refractivity contribution in [1.29, 1.82) is 0 Å². The summed E-state index contributed by atoms with van der Waals surface area (Å²) in [5.74, 6) is 0.278. The number of hydrogen-bond donors (Lipinski definition) is 1. The van der Waals surface area contributed by atoms with E-state index < -0.39 is 0 Å². The molecular weight excluding hydrogens is 319 g/mol. The van der Waals surface area contributed by atoms with Crippen molar-refractivity contribution in [3.8, 4) is 0 Å². The van der Waals surface area contributed by atoms with Crippen molar-refractivity contribution < 1.29 is 4.79 Å². The Bertz CT molecular complexity index is 512. The van der Waals surface area contributed by atoms with E-state index in [0.29, 0.717) is 10.0 Å². The lowest BCUT2D eigenvalue weighted by molar-refractivity contribution is -0.127. The van der Waals surface area contributed by atoms with E-state index in [-0.39, 0.29) is 17.4 Å². The van der Waals surface area contributed by atoms with Crippen LogP contribution in [0.15, 0.2) is 18.2 Å². The SMILES string of the molecule is CC(C)(C)NC(=O)C1CCN(Cc2c(Cl)cccc2Cl)CC1. The zero-order valence-corrected chi connectivity index (χ0v) is 15.0. The second-order valence-corrected chi connectivity index (χ2v) is 7.80. The van der Waals surface area contributed by atoms with Gasteiger partial charge < -0.3 is 5.32 Å². The quantitative estimate of drug-likeness (QED) is 0.895. The Kier molecular flexibility index (Phi) is 5.76. The van der Waals surface area contributed by atoms with Crippen molar-refractivity contribution in [3.05, 3.63) is 33.8 Å². The van der Waals surface area contributed by atoms with Gasteiger partial charge in [-0.1, -0.05) is 29.3 Å². The number of likely N-dealkylation sites (tertiary alicyclic amines) is 1. The van der Waals surface area contributed by atoms with Crippen LogP contribution in [0.2, 0.25) is 10.0 Å². The van der Waals surface area contributed by atoms with Crippen molar-refractivity contribution in [3.63, 3.8) is 0 Å². The Hall–Kier alpha value is -0.770. The molecule has 0 aromatic heterocycles. The smallest absolute Gasteiger partial charge is 0.223 e. The molecule has 0 aliphatic carbocycles. The second kappa shape index (κ2) is 7.20. The maximum absolute atomic E-state index is 12.2. The fourth-order valence-electron chi connectivity index (χ4n) is 2.73. The number of hydrogen-bond acceptors (Lipinski definition) is 2. The molecule has 2 rings (SSSR count). The highest BCUT2D eigenvalue weighted by atomic mass is 35.5. The Morgan fingerprint density at radius 3 is 2.27 bits per heavy atom. The highest BCUT2D eigenvalue weighted by Crippen LogP contribution is 2.27. The number of halogens is 2. The number of nitrogens with zero attached hydrogens (tertiary/aromatic N) is 1. The average molecular weight is 343 g/mol. The first-order chi connectivity index (χ1) is 10.3. The van der Waals surface area contributed by atoms with Crippen LogP contribution in [-0.4, -0.2) is 29.4 Å². The van der Waals surface area contributed by atoms with E-state index in [1.54, 1.807) is 0 Å². The normalized spacial score (nSPS) is 17.5. The molecule has 22 heavy (non-hydrogen) atoms. The predicted octanol–water partition coefficient (Wildman–Crippen LogP) is 4.12. The van der Waals surface area contributed by atoms with Crippen LogP contribution in [-0.2, 0) is 11.3 Å². The first-order valence-electron chi connectivity index (χ1n) is 7.73. The Morgan fingerprint density at radius 2 is 1.77 bits per heavy atom. The van der Waals surface area contributed by atoms with Crippen molar-refractivity contribution in [2.24, 2.45) is 5.92 Å². The minimum Gasteiger partial charge on any atom is -0.351 e. The van der Waals surface area contributed by atoms with Gasteiger partial charge in [-0.25, -0.2) is 0 Å². The zero-order chi connectivity index (χ0) is 16.3. The molecule has 1 fully saturated rings. The summed E-state index contributed by atoms with van der Waals surface area (Å²) < 4.78 is 0. The number of piperidine rings is 1. The molecule has 0 unspecified atom stereocenters. The summed E-state index contributed by atoms with van der Waals surface area (Å²) >= 11 is 12.5. The number of carbonyl (C=O) groups excluding carboxylic acids is 1. The molecule has 1 N–H and O–H groups in total. The topological polar surface area (TPSA) is 32.3 Å². The maximum Gasteiger partial charge on any atom is 0.223 e. The summed E-state index contributed by atoms with van der Waals surface area (Å²) in [5.41, 5.74) is 0.808. The van der Waals surface area contributed by atoms with E-state index in [0.717, 1.165) is 38.0 Å². The third-order valence-electron chi connectivity index (χ3n) is 3.90. The molecule has 1 aromatic carbocycles. The van der Waals surface area contributed by atoms with E-state index in [9.17, 15) is 4.79 Å². The summed E-state index contributed by atoms with van der Waals surface area (Å²) in [6.45, 7) is 8.57. The minimum atomic E-state index is -0.167. The summed E-state index contributed by atoms with van der Waals surface area (Å²) in [4.78, 5) is 14.5. The van der Waals surface area contributed by atoms with Crippen molar-refractivity contribution in [2.45, 2.75) is 45.7 Å². The van der Waals surface area contributed by atoms with Crippen LogP contribution in [0.1, 0.15) is 39.2 Å². The molecule has 0 spiro atoms. The molecule has 3 nitrogen and oxygen atoms in total. The number of carbonyl (C=O) groups is 1. The lowest BCUT2D eigenvalue weighted by Crippen LogP contribution is -2.46. The van der Waals surface area contributed by atoms with Crippen LogP contribution in [0.4, 0.5) is 0 Å². The summed E-state index contributed by atoms with van der Waals surface area (Å²) in [6, 6.07) is 5.59. The molecule has 0 radical (unpaired) electrons. The predicted molar refractivity (Wildman–Crippen MR) is 92.4 cm³/mol. The largest absolute Gasteiger partial charge is 0.351 e. The van der Waals surface area contributed by atoms with Gasteiger partial charge in [0.15, 0.2) is 0 Å². The van der Waals surface area contributed by atoms with Crippen molar-refractivity contribution in [2.75, 3.05) is 13.1 Å². The first-order valence-corrected chi connectivity index (χ1v) is 8.49. The minimum absolute atomic E-state index is 0.109. The van der Waals surface area contributed by atoms with Gasteiger partial charge in [0.25, 0.3) is 0 Å². The monoisotopic (exact) mass is 342 g/mol. The second-order valence-electron chi connectivity index (χ2n) is 6.99. The molecular formula is C17H24Cl2N2O. The Balaban J connectivity index is 1.89. The van der Waals surface area contributed by atoms with Crippen molar-refractivity contribution in [1.82, 2.24) is 10.2 Å². The Morgan fingerprint density at radius 1 is 1.23 bits per heavy atom. The van der Waals surface area contributed by atoms with Crippen LogP contribution in [0.3, 0.4) is 0 Å². The molecule has 1 aromatic rings. The lowest BCUT2D eigenvalue weighted by Gasteiger charge is -2.33. The lowest BCUT2D eigenvalue weighted by atomic mass is 9.94. The average Bonchev–Trinajstić information content (AvgIpc) is 2.42. The first kappa shape index (κ1) is 17.6. The molecule has 0 saturated carbocycles. The molecule has 1 aliphatic heterocycles. The molecule has 1 saturated heterocycles. The van der Waals surface area contributed by atoms with Gasteiger partial charge in [-0.2, -0.15) is 0 Å². The molecule has 122 valence electrons. The maximum atomic E-state index is 12.2. The number of amides is 1. The van der Waals surface area contributed by atoms with E-state index >= 15 is 0 Å². The standard InChI is InChI=1S/C17H24Cl2N2O/c1-17(2,3)20-16(22)12-7-9-21(10-8-12)11-13-14(18)5-4-6-15(13)19/h4-6,12H,7-11H2,1-3H3,(H,20,22). The number of benzene rings is 1. The zero-order valence-electron chi connectivity index (χ0n) is 13.5. The highest BCUT2D eigenvalue weighted by Gasteiger charge is 2.27. The molecule has 1 aliphatic rings. The van der Waals surface area contributed by atoms with Gasteiger partial charge in [-0.3, -0.25) is 9.69 Å². The molecule has 1 heterocycles. The van der Waals surface area contributed by atoms with Gasteiger partial charge in [0, 0.05) is 33.6 Å². The number of nitrogens with one attached hydrogen (secondary N) is 1. The molecule has 1 amide bonds. The van der Waals surface area contributed by atoms with Crippen LogP contribution < -0.4 is 5.32 Å². The van der Waals surface area contributed by atoms with Crippen LogP contribution >= 0.6 is 23.2 Å². The van der Waals surface area contributed by atoms with Crippen LogP contribution in [0.25, 0.3) is 0 Å². The van der Waals surface area contributed by atoms with E-state index in [2.05, 4.69) is 10.2 Å². The fraction of sp³-hybridized carbons (Fsp3) is 0.588. The number of rotatable bonds is 3. The third kappa shape index (κ3) is 4.87. The van der Waals surface area contributed by atoms with Gasteiger partial charge in [0.2, 0.25) is 5.91 Å². The van der Waals surface area contributed by atoms with Crippen molar-refractivity contribution >= 4 is 29.1 Å². The van der Waals surface area contributed by atoms with Gasteiger partial charge in [0.05, 0.1) is 0 Å². The summed E-state index contributed by atoms with van der Waals surface area (Å²) in [5, 5.41) is 4.49. The van der Waals surface area contributed by atoms with E-state index in [1.165, 1.54) is 0 Å². The van der Waals surface area contributed by atoms with Gasteiger partial charge >= 0.3 is 0 Å². The molecule has 5 heteroatoms. The summed E-state index contributed by atoms with van der Waals surface area (Å²) in [6.07, 6.45) is 1.76. The van der Waals surface area contributed by atoms with Gasteiger partial charge in [-0.15, -0.1) is 0 Å². The Labute approximate surface area is 143 Å². The fourth-order valence-corrected chi connectivity index (χ4v) is 3.25. The van der Waals surface area contributed by atoms with Crippen LogP contribution in [0.5, 0.6) is 0 Å². The molecule has 0 atom stereocenters. The van der Waals surface area contributed by atoms with E-state index in [1.807, 2.05) is 39.0 Å². The summed E-state index contributed by atoms with van der Waals surface area (Å²) in [7, 11) is 0. The molecule has 0 bridgehead atoms. The highest BCUT2D eigenvalue weighted by molar-refractivity contribution is 6.35. The van der Waals surface area contributed by atoms with E-state index in [4.69, 9.17) is 23.2 Å². The van der Waals surface area contributed by atoms with Gasteiger partial charge in [-0.05, 0) is 58.8 Å². The van der Waals surface area contributed by atoms with Gasteiger partial charge in [0.1, 0.15) is 0 Å². The third-order valence-corrected chi connectivity index (χ3v) is 4.61.